The molecule has 6 rings (SSSR count). The quantitative estimate of drug-likeness (QED) is 0.369. The first-order chi connectivity index (χ1) is 20.3. The normalized spacial score (nSPS) is 18.5. The Labute approximate surface area is 244 Å². The number of hydrogen-bond donors (Lipinski definition) is 2. The van der Waals surface area contributed by atoms with E-state index in [4.69, 9.17) is 9.47 Å². The summed E-state index contributed by atoms with van der Waals surface area (Å²) in [6.07, 6.45) is 5.61. The number of benzene rings is 2. The molecule has 9 heteroatoms. The van der Waals surface area contributed by atoms with Gasteiger partial charge in [0.05, 0.1) is 31.0 Å². The highest BCUT2D eigenvalue weighted by atomic mass is 19.1. The zero-order valence-corrected chi connectivity index (χ0v) is 23.5. The van der Waals surface area contributed by atoms with Crippen LogP contribution < -0.4 is 10.1 Å². The van der Waals surface area contributed by atoms with Crippen LogP contribution in [0.1, 0.15) is 65.7 Å². The minimum Gasteiger partial charge on any atom is -0.489 e. The summed E-state index contributed by atoms with van der Waals surface area (Å²) in [6, 6.07) is 16.0. The van der Waals surface area contributed by atoms with E-state index in [1.807, 2.05) is 31.2 Å². The first kappa shape index (κ1) is 27.9. The Morgan fingerprint density at radius 1 is 1.02 bits per heavy atom. The van der Waals surface area contributed by atoms with Gasteiger partial charge in [-0.25, -0.2) is 9.18 Å². The number of carbonyl (C=O) groups is 2. The van der Waals surface area contributed by atoms with Gasteiger partial charge in [-0.2, -0.15) is 0 Å². The number of aromatic nitrogens is 1. The lowest BCUT2D eigenvalue weighted by atomic mass is 9.59. The molecule has 8 nitrogen and oxygen atoms in total. The predicted octanol–water partition coefficient (Wildman–Crippen LogP) is 5.85. The second-order valence-electron chi connectivity index (χ2n) is 11.6. The average Bonchev–Trinajstić information content (AvgIpc) is 2.95. The molecule has 1 atom stereocenters. The van der Waals surface area contributed by atoms with Crippen molar-refractivity contribution in [1.82, 2.24) is 15.2 Å². The van der Waals surface area contributed by atoms with Gasteiger partial charge in [-0.15, -0.1) is 0 Å². The summed E-state index contributed by atoms with van der Waals surface area (Å²) in [5.74, 6) is 0.0459. The first-order valence-electron chi connectivity index (χ1n) is 14.4. The summed E-state index contributed by atoms with van der Waals surface area (Å²) >= 11 is 0. The van der Waals surface area contributed by atoms with Crippen LogP contribution in [-0.2, 0) is 4.74 Å². The Morgan fingerprint density at radius 2 is 1.67 bits per heavy atom. The largest absolute Gasteiger partial charge is 0.489 e. The zero-order chi connectivity index (χ0) is 29.3. The summed E-state index contributed by atoms with van der Waals surface area (Å²) < 4.78 is 25.1. The fourth-order valence-electron chi connectivity index (χ4n) is 6.24. The molecule has 0 unspecified atom stereocenters. The molecule has 2 aliphatic heterocycles. The summed E-state index contributed by atoms with van der Waals surface area (Å²) in [4.78, 5) is 30.0. The van der Waals surface area contributed by atoms with Gasteiger partial charge in [-0.1, -0.05) is 42.0 Å². The van der Waals surface area contributed by atoms with Crippen LogP contribution in [0.4, 0.5) is 9.18 Å². The fourth-order valence-corrected chi connectivity index (χ4v) is 6.24. The van der Waals surface area contributed by atoms with E-state index >= 15 is 0 Å². The second kappa shape index (κ2) is 11.6. The van der Waals surface area contributed by atoms with Crippen molar-refractivity contribution >= 4 is 17.6 Å². The average molecular weight is 572 g/mol. The summed E-state index contributed by atoms with van der Waals surface area (Å²) in [6.45, 7) is 4.38. The molecule has 1 saturated carbocycles. The molecule has 2 amide bonds. The standard InChI is InChI=1S/C33H34FN3O5/c1-21(36-31(38)25-14-29(18-35-17-25)42-28-10-12-41-13-11-28)22-2-4-23(5-3-22)30(24-6-8-27(34)9-7-24)26-15-33(16-26)19-37(20-33)32(39)40/h2-9,14,17-18,21,28H,10-13,15-16,19-20H2,1H3,(H,36,38)(H,39,40)/t21-/m1/s1. The maximum Gasteiger partial charge on any atom is 0.407 e. The summed E-state index contributed by atoms with van der Waals surface area (Å²) in [7, 11) is 0. The van der Waals surface area contributed by atoms with Gasteiger partial charge in [0.15, 0.2) is 0 Å². The molecule has 1 aliphatic carbocycles. The van der Waals surface area contributed by atoms with Crippen LogP contribution in [0.2, 0.25) is 0 Å². The third kappa shape index (κ3) is 5.87. The van der Waals surface area contributed by atoms with Crippen LogP contribution in [0, 0.1) is 11.2 Å². The number of nitrogens with zero attached hydrogens (tertiary/aromatic N) is 2. The van der Waals surface area contributed by atoms with Crippen LogP contribution in [0.5, 0.6) is 5.75 Å². The number of pyridine rings is 1. The third-order valence-corrected chi connectivity index (χ3v) is 8.48. The number of nitrogens with one attached hydrogen (secondary N) is 1. The highest BCUT2D eigenvalue weighted by molar-refractivity contribution is 5.94. The van der Waals surface area contributed by atoms with E-state index in [0.717, 1.165) is 47.9 Å². The molecule has 0 bridgehead atoms. The van der Waals surface area contributed by atoms with E-state index in [1.165, 1.54) is 28.8 Å². The van der Waals surface area contributed by atoms with E-state index in [9.17, 15) is 19.1 Å². The molecule has 2 saturated heterocycles. The van der Waals surface area contributed by atoms with Crippen molar-refractivity contribution < 1.29 is 28.6 Å². The summed E-state index contributed by atoms with van der Waals surface area (Å²) in [5.41, 5.74) is 5.63. The van der Waals surface area contributed by atoms with E-state index in [2.05, 4.69) is 10.3 Å². The predicted molar refractivity (Wildman–Crippen MR) is 155 cm³/mol. The number of halogens is 1. The molecule has 3 fully saturated rings. The highest BCUT2D eigenvalue weighted by Crippen LogP contribution is 2.54. The molecule has 3 aromatic rings. The lowest BCUT2D eigenvalue weighted by Gasteiger charge is -2.56. The minimum absolute atomic E-state index is 0.0137. The third-order valence-electron chi connectivity index (χ3n) is 8.48. The monoisotopic (exact) mass is 571 g/mol. The number of carbonyl (C=O) groups excluding carboxylic acids is 1. The molecule has 2 N–H and O–H groups in total. The van der Waals surface area contributed by atoms with Crippen LogP contribution >= 0.6 is 0 Å². The van der Waals surface area contributed by atoms with Crippen LogP contribution in [0.25, 0.3) is 5.57 Å². The first-order valence-corrected chi connectivity index (χ1v) is 14.4. The molecule has 1 aromatic heterocycles. The number of allylic oxidation sites excluding steroid dienone is 1. The van der Waals surface area contributed by atoms with E-state index in [1.54, 1.807) is 24.4 Å². The molecular formula is C33H34FN3O5. The van der Waals surface area contributed by atoms with Gasteiger partial charge in [0, 0.05) is 37.5 Å². The number of likely N-dealkylation sites (tertiary alicyclic amines) is 1. The Bertz CT molecular complexity index is 1480. The number of ether oxygens (including phenoxy) is 2. The Balaban J connectivity index is 1.15. The molecule has 3 heterocycles. The van der Waals surface area contributed by atoms with Crippen LogP contribution in [-0.4, -0.2) is 59.4 Å². The maximum absolute atomic E-state index is 13.7. The molecule has 218 valence electrons. The van der Waals surface area contributed by atoms with E-state index in [-0.39, 0.29) is 29.3 Å². The van der Waals surface area contributed by atoms with Crippen LogP contribution in [0.3, 0.4) is 0 Å². The fraction of sp³-hybridized carbons (Fsp3) is 0.364. The lowest BCUT2D eigenvalue weighted by molar-refractivity contribution is -0.0164. The number of carboxylic acid groups (broad SMARTS) is 1. The number of rotatable bonds is 7. The molecule has 0 radical (unpaired) electrons. The summed E-state index contributed by atoms with van der Waals surface area (Å²) in [5, 5.41) is 12.3. The minimum atomic E-state index is -0.874. The van der Waals surface area contributed by atoms with Gasteiger partial charge in [-0.3, -0.25) is 9.78 Å². The SMILES string of the molecule is C[C@@H](NC(=O)c1cncc(OC2CCOCC2)c1)c1ccc(C(=C2CC3(C2)CN(C(=O)O)C3)c2ccc(F)cc2)cc1. The zero-order valence-electron chi connectivity index (χ0n) is 23.5. The van der Waals surface area contributed by atoms with E-state index in [0.29, 0.717) is 37.6 Å². The number of hydrogen-bond acceptors (Lipinski definition) is 5. The van der Waals surface area contributed by atoms with Crippen molar-refractivity contribution in [1.29, 1.82) is 0 Å². The molecule has 42 heavy (non-hydrogen) atoms. The Kier molecular flexibility index (Phi) is 7.68. The van der Waals surface area contributed by atoms with Crippen LogP contribution in [0.15, 0.2) is 72.6 Å². The molecule has 2 aromatic carbocycles. The topological polar surface area (TPSA) is 101 Å². The van der Waals surface area contributed by atoms with E-state index < -0.39 is 6.09 Å². The number of amides is 2. The van der Waals surface area contributed by atoms with Gasteiger partial charge in [-0.05, 0) is 60.2 Å². The van der Waals surface area contributed by atoms with Gasteiger partial charge >= 0.3 is 6.09 Å². The lowest BCUT2D eigenvalue weighted by Crippen LogP contribution is -2.61. The van der Waals surface area contributed by atoms with Crippen molar-refractivity contribution in [3.8, 4) is 5.75 Å². The van der Waals surface area contributed by atoms with Crippen molar-refractivity contribution in [2.45, 2.75) is 44.8 Å². The van der Waals surface area contributed by atoms with Crippen molar-refractivity contribution in [2.24, 2.45) is 5.41 Å². The van der Waals surface area contributed by atoms with Gasteiger partial charge in [0.2, 0.25) is 0 Å². The van der Waals surface area contributed by atoms with Gasteiger partial charge in [0.25, 0.3) is 5.91 Å². The Hall–Kier alpha value is -4.24. The molecule has 1 spiro atoms. The van der Waals surface area contributed by atoms with Crippen molar-refractivity contribution in [3.63, 3.8) is 0 Å². The molecular weight excluding hydrogens is 537 g/mol. The Morgan fingerprint density at radius 3 is 2.31 bits per heavy atom. The molecule has 3 aliphatic rings. The van der Waals surface area contributed by atoms with Crippen molar-refractivity contribution in [3.05, 3.63) is 101 Å². The van der Waals surface area contributed by atoms with Crippen molar-refractivity contribution in [2.75, 3.05) is 26.3 Å². The highest BCUT2D eigenvalue weighted by Gasteiger charge is 2.52. The smallest absolute Gasteiger partial charge is 0.407 e. The van der Waals surface area contributed by atoms with Gasteiger partial charge in [0.1, 0.15) is 17.7 Å². The van der Waals surface area contributed by atoms with Gasteiger partial charge < -0.3 is 24.8 Å². The maximum atomic E-state index is 13.7. The second-order valence-corrected chi connectivity index (χ2v) is 11.6.